The monoisotopic (exact) mass is 561 g/mol. The first-order valence-electron chi connectivity index (χ1n) is 13.6. The van der Waals surface area contributed by atoms with Crippen LogP contribution in [0.5, 0.6) is 5.75 Å². The lowest BCUT2D eigenvalue weighted by Gasteiger charge is -2.36. The Hall–Kier alpha value is -4.09. The zero-order valence-corrected chi connectivity index (χ0v) is 23.2. The van der Waals surface area contributed by atoms with Crippen molar-refractivity contribution in [1.29, 1.82) is 0 Å². The van der Waals surface area contributed by atoms with Gasteiger partial charge in [-0.15, -0.1) is 5.10 Å². The maximum absolute atomic E-state index is 13.1. The molecule has 0 spiro atoms. The number of nitrogens with two attached hydrogens (primary N) is 1. The van der Waals surface area contributed by atoms with E-state index in [4.69, 9.17) is 22.1 Å². The van der Waals surface area contributed by atoms with Crippen LogP contribution in [0.3, 0.4) is 0 Å². The third-order valence-corrected chi connectivity index (χ3v) is 7.47. The van der Waals surface area contributed by atoms with Crippen LogP contribution in [-0.2, 0) is 13.1 Å². The number of ether oxygens (including phenoxy) is 1. The summed E-state index contributed by atoms with van der Waals surface area (Å²) in [5, 5.41) is 10.4. The molecule has 2 N–H and O–H groups in total. The molecule has 0 atom stereocenters. The lowest BCUT2D eigenvalue weighted by atomic mass is 10.2. The molecule has 0 bridgehead atoms. The molecule has 1 aliphatic heterocycles. The molecular formula is C28H32ClN9O2. The second kappa shape index (κ2) is 11.2. The predicted molar refractivity (Wildman–Crippen MR) is 156 cm³/mol. The van der Waals surface area contributed by atoms with E-state index in [-0.39, 0.29) is 18.2 Å². The molecular weight excluding hydrogens is 530 g/mol. The lowest BCUT2D eigenvalue weighted by molar-refractivity contribution is 0.245. The molecule has 40 heavy (non-hydrogen) atoms. The summed E-state index contributed by atoms with van der Waals surface area (Å²) in [6.07, 6.45) is 2.71. The first-order valence-corrected chi connectivity index (χ1v) is 13.9. The molecule has 5 aromatic rings. The minimum atomic E-state index is -0.351. The Morgan fingerprint density at radius 3 is 2.55 bits per heavy atom. The molecule has 11 nitrogen and oxygen atoms in total. The fourth-order valence-electron chi connectivity index (χ4n) is 5.12. The maximum Gasteiger partial charge on any atom is 0.353 e. The summed E-state index contributed by atoms with van der Waals surface area (Å²) >= 11 is 6.11. The van der Waals surface area contributed by atoms with Crippen molar-refractivity contribution < 1.29 is 4.74 Å². The van der Waals surface area contributed by atoms with Gasteiger partial charge in [-0.2, -0.15) is 10.1 Å². The average molecular weight is 562 g/mol. The quantitative estimate of drug-likeness (QED) is 0.292. The van der Waals surface area contributed by atoms with Gasteiger partial charge in [-0.05, 0) is 48.4 Å². The topological polar surface area (TPSA) is 112 Å². The van der Waals surface area contributed by atoms with Gasteiger partial charge in [-0.1, -0.05) is 30.7 Å². The number of nitrogen functional groups attached to an aromatic ring is 1. The number of anilines is 2. The highest BCUT2D eigenvalue weighted by molar-refractivity contribution is 6.30. The second-order valence-corrected chi connectivity index (χ2v) is 10.4. The Balaban J connectivity index is 1.12. The molecule has 1 aliphatic rings. The summed E-state index contributed by atoms with van der Waals surface area (Å²) in [4.78, 5) is 22.4. The van der Waals surface area contributed by atoms with E-state index >= 15 is 0 Å². The molecule has 1 fully saturated rings. The molecule has 3 aromatic heterocycles. The van der Waals surface area contributed by atoms with E-state index < -0.39 is 0 Å². The van der Waals surface area contributed by atoms with Crippen molar-refractivity contribution in [3.63, 3.8) is 0 Å². The van der Waals surface area contributed by atoms with Crippen LogP contribution in [0.4, 0.5) is 11.6 Å². The SMILES string of the molecule is CCCOc1ccc(N2CCN(CCn3ncc4c3nc(N)n3c(=O)n(Cc5cccc(Cl)c5)nc43)CC2)cc1. The standard InChI is InChI=1S/C28H32ClN9O2/c1-2-16-40-23-8-6-22(7-9-23)35-13-10-34(11-14-35)12-15-36-25-24(18-31-36)26-33-37(28(39)38(26)27(30)32-25)19-20-4-3-5-21(29)17-20/h3-9,17-18H,2,10-16,19H2,1H3,(H2,30,32). The van der Waals surface area contributed by atoms with Crippen LogP contribution in [-0.4, -0.2) is 73.2 Å². The average Bonchev–Trinajstić information content (AvgIpc) is 3.52. The molecule has 0 aliphatic carbocycles. The highest BCUT2D eigenvalue weighted by Crippen LogP contribution is 2.22. The summed E-state index contributed by atoms with van der Waals surface area (Å²) < 4.78 is 10.3. The number of halogens is 1. The van der Waals surface area contributed by atoms with E-state index in [1.54, 1.807) is 12.3 Å². The normalized spacial score (nSPS) is 14.4. The van der Waals surface area contributed by atoms with E-state index in [9.17, 15) is 4.79 Å². The molecule has 0 saturated carbocycles. The first-order chi connectivity index (χ1) is 19.5. The molecule has 4 heterocycles. The molecule has 12 heteroatoms. The second-order valence-electron chi connectivity index (χ2n) is 9.98. The van der Waals surface area contributed by atoms with Gasteiger partial charge in [-0.25, -0.2) is 18.6 Å². The van der Waals surface area contributed by atoms with E-state index in [2.05, 4.69) is 44.0 Å². The van der Waals surface area contributed by atoms with Crippen molar-refractivity contribution in [1.82, 2.24) is 33.8 Å². The number of rotatable bonds is 9. The molecule has 1 saturated heterocycles. The summed E-state index contributed by atoms with van der Waals surface area (Å²) in [6.45, 7) is 8.42. The number of benzene rings is 2. The third kappa shape index (κ3) is 5.22. The van der Waals surface area contributed by atoms with Crippen LogP contribution in [0.25, 0.3) is 16.7 Å². The van der Waals surface area contributed by atoms with Crippen molar-refractivity contribution in [2.75, 3.05) is 50.0 Å². The fraction of sp³-hybridized carbons (Fsp3) is 0.357. The van der Waals surface area contributed by atoms with Crippen molar-refractivity contribution in [2.45, 2.75) is 26.4 Å². The van der Waals surface area contributed by atoms with Crippen LogP contribution in [0.1, 0.15) is 18.9 Å². The number of aromatic nitrogens is 6. The Labute approximate surface area is 236 Å². The van der Waals surface area contributed by atoms with E-state index in [1.165, 1.54) is 14.8 Å². The van der Waals surface area contributed by atoms with Gasteiger partial charge in [0.2, 0.25) is 5.95 Å². The smallest absolute Gasteiger partial charge is 0.353 e. The van der Waals surface area contributed by atoms with E-state index in [0.29, 0.717) is 28.2 Å². The van der Waals surface area contributed by atoms with Crippen molar-refractivity contribution >= 4 is 39.9 Å². The van der Waals surface area contributed by atoms with Crippen molar-refractivity contribution in [2.24, 2.45) is 0 Å². The Bertz CT molecular complexity index is 1680. The molecule has 2 aromatic carbocycles. The van der Waals surface area contributed by atoms with E-state index in [1.807, 2.05) is 35.0 Å². The molecule has 208 valence electrons. The van der Waals surface area contributed by atoms with Gasteiger partial charge in [0.1, 0.15) is 5.75 Å². The Morgan fingerprint density at radius 2 is 1.80 bits per heavy atom. The minimum absolute atomic E-state index is 0.0892. The lowest BCUT2D eigenvalue weighted by Crippen LogP contribution is -2.47. The third-order valence-electron chi connectivity index (χ3n) is 7.24. The zero-order valence-electron chi connectivity index (χ0n) is 22.4. The van der Waals surface area contributed by atoms with Crippen LogP contribution in [0.15, 0.2) is 59.5 Å². The zero-order chi connectivity index (χ0) is 27.6. The number of hydrogen-bond donors (Lipinski definition) is 1. The van der Waals surface area contributed by atoms with Crippen LogP contribution >= 0.6 is 11.6 Å². The van der Waals surface area contributed by atoms with Crippen LogP contribution in [0.2, 0.25) is 5.02 Å². The summed E-state index contributed by atoms with van der Waals surface area (Å²) in [5.74, 6) is 1.01. The predicted octanol–water partition coefficient (Wildman–Crippen LogP) is 3.14. The molecule has 0 amide bonds. The van der Waals surface area contributed by atoms with Gasteiger partial charge in [-0.3, -0.25) is 4.90 Å². The molecule has 0 radical (unpaired) electrons. The highest BCUT2D eigenvalue weighted by Gasteiger charge is 2.20. The fourth-order valence-corrected chi connectivity index (χ4v) is 5.33. The number of nitrogens with zero attached hydrogens (tertiary/aromatic N) is 8. The van der Waals surface area contributed by atoms with Gasteiger partial charge in [0, 0.05) is 43.4 Å². The Kier molecular flexibility index (Phi) is 7.31. The maximum atomic E-state index is 13.1. The summed E-state index contributed by atoms with van der Waals surface area (Å²) in [6, 6.07) is 15.7. The van der Waals surface area contributed by atoms with Crippen molar-refractivity contribution in [3.05, 3.63) is 75.8 Å². The van der Waals surface area contributed by atoms with Gasteiger partial charge in [0.15, 0.2) is 11.3 Å². The first kappa shape index (κ1) is 26.1. The van der Waals surface area contributed by atoms with Gasteiger partial charge >= 0.3 is 5.69 Å². The number of piperazine rings is 1. The van der Waals surface area contributed by atoms with Crippen molar-refractivity contribution in [3.8, 4) is 5.75 Å². The number of fused-ring (bicyclic) bond motifs is 3. The molecule has 6 rings (SSSR count). The number of hydrogen-bond acceptors (Lipinski definition) is 8. The molecule has 0 unspecified atom stereocenters. The van der Waals surface area contributed by atoms with Gasteiger partial charge < -0.3 is 15.4 Å². The van der Waals surface area contributed by atoms with E-state index in [0.717, 1.165) is 57.1 Å². The van der Waals surface area contributed by atoms with Gasteiger partial charge in [0.05, 0.1) is 31.3 Å². The van der Waals surface area contributed by atoms with Gasteiger partial charge in [0.25, 0.3) is 0 Å². The van der Waals surface area contributed by atoms with Crippen LogP contribution in [0, 0.1) is 0 Å². The largest absolute Gasteiger partial charge is 0.494 e. The van der Waals surface area contributed by atoms with Crippen LogP contribution < -0.4 is 21.1 Å². The summed E-state index contributed by atoms with van der Waals surface area (Å²) in [7, 11) is 0. The highest BCUT2D eigenvalue weighted by atomic mass is 35.5. The minimum Gasteiger partial charge on any atom is -0.494 e. The summed E-state index contributed by atoms with van der Waals surface area (Å²) in [5.41, 5.74) is 9.04. The Morgan fingerprint density at radius 1 is 1.00 bits per heavy atom.